The van der Waals surface area contributed by atoms with E-state index in [1.807, 2.05) is 7.05 Å². The summed E-state index contributed by atoms with van der Waals surface area (Å²) in [6.07, 6.45) is 5.84. The molecule has 6 nitrogen and oxygen atoms in total. The zero-order chi connectivity index (χ0) is 15.8. The lowest BCUT2D eigenvalue weighted by atomic mass is 9.87. The molecule has 1 spiro atoms. The van der Waals surface area contributed by atoms with Crippen LogP contribution in [0.3, 0.4) is 0 Å². The Hall–Kier alpha value is -0.570. The number of nitrogens with one attached hydrogen (secondary N) is 1. The minimum atomic E-state index is -0.120. The number of carbonyl (C=O) groups is 1. The van der Waals surface area contributed by atoms with Crippen LogP contribution < -0.4 is 5.32 Å². The average Bonchev–Trinajstić information content (AvgIpc) is 3.17. The van der Waals surface area contributed by atoms with Gasteiger partial charge in [-0.2, -0.15) is 0 Å². The topological polar surface area (TPSA) is 63.2 Å². The highest BCUT2D eigenvalue weighted by atomic mass is 127. The first-order chi connectivity index (χ1) is 10.7. The Morgan fingerprint density at radius 2 is 2.17 bits per heavy atom. The summed E-state index contributed by atoms with van der Waals surface area (Å²) in [4.78, 5) is 17.8. The number of likely N-dealkylation sites (tertiary alicyclic amines) is 1. The number of nitrogens with zero attached hydrogens (tertiary/aromatic N) is 2. The minimum Gasteiger partial charge on any atom is -0.469 e. The summed E-state index contributed by atoms with van der Waals surface area (Å²) in [6.45, 7) is 4.81. The van der Waals surface area contributed by atoms with Gasteiger partial charge >= 0.3 is 5.97 Å². The van der Waals surface area contributed by atoms with Crippen LogP contribution in [0.25, 0.3) is 0 Å². The summed E-state index contributed by atoms with van der Waals surface area (Å²) in [5.74, 6) is 0.877. The molecule has 23 heavy (non-hydrogen) atoms. The fraction of sp³-hybridized carbons (Fsp3) is 0.875. The lowest BCUT2D eigenvalue weighted by Crippen LogP contribution is -2.41. The number of esters is 1. The number of ether oxygens (including phenoxy) is 2. The van der Waals surface area contributed by atoms with Crippen LogP contribution in [0.4, 0.5) is 0 Å². The molecule has 2 saturated heterocycles. The Bertz CT molecular complexity index is 398. The van der Waals surface area contributed by atoms with E-state index in [4.69, 9.17) is 4.74 Å². The number of halogens is 1. The Kier molecular flexibility index (Phi) is 9.19. The van der Waals surface area contributed by atoms with E-state index in [1.54, 1.807) is 0 Å². The molecule has 0 aromatic carbocycles. The molecule has 0 radical (unpaired) electrons. The molecule has 2 fully saturated rings. The first-order valence-corrected chi connectivity index (χ1v) is 8.29. The van der Waals surface area contributed by atoms with Crippen molar-refractivity contribution in [3.05, 3.63) is 0 Å². The molecule has 1 N–H and O–H groups in total. The Balaban J connectivity index is 0.00000264. The molecule has 1 atom stereocenters. The van der Waals surface area contributed by atoms with Gasteiger partial charge in [-0.1, -0.05) is 6.42 Å². The third kappa shape index (κ3) is 6.10. The molecular formula is C16H30IN3O3. The van der Waals surface area contributed by atoms with Crippen molar-refractivity contribution in [2.24, 2.45) is 10.4 Å². The van der Waals surface area contributed by atoms with E-state index < -0.39 is 0 Å². The molecule has 2 aliphatic rings. The Morgan fingerprint density at radius 3 is 2.83 bits per heavy atom. The predicted octanol–water partition coefficient (Wildman–Crippen LogP) is 2.03. The summed E-state index contributed by atoms with van der Waals surface area (Å²) in [5.41, 5.74) is 0.359. The zero-order valence-electron chi connectivity index (χ0n) is 14.3. The van der Waals surface area contributed by atoms with Crippen molar-refractivity contribution in [3.8, 4) is 0 Å². The average molecular weight is 439 g/mol. The monoisotopic (exact) mass is 439 g/mol. The van der Waals surface area contributed by atoms with Gasteiger partial charge in [-0.15, -0.1) is 24.0 Å². The van der Waals surface area contributed by atoms with Crippen LogP contribution in [0.5, 0.6) is 0 Å². The van der Waals surface area contributed by atoms with E-state index >= 15 is 0 Å². The van der Waals surface area contributed by atoms with Gasteiger partial charge in [0.1, 0.15) is 0 Å². The number of rotatable bonds is 6. The van der Waals surface area contributed by atoms with Crippen molar-refractivity contribution in [2.75, 3.05) is 47.0 Å². The van der Waals surface area contributed by atoms with Gasteiger partial charge in [0.2, 0.25) is 0 Å². The SMILES string of the molecule is CN=C(NCCCCCC(=O)OC)N1CCC2(CCOC2)C1.I. The predicted molar refractivity (Wildman–Crippen MR) is 101 cm³/mol. The van der Waals surface area contributed by atoms with Crippen LogP contribution in [-0.2, 0) is 14.3 Å². The van der Waals surface area contributed by atoms with E-state index in [2.05, 4.69) is 19.9 Å². The number of guanidine groups is 1. The molecule has 2 heterocycles. The van der Waals surface area contributed by atoms with Gasteiger partial charge in [0.05, 0.1) is 13.7 Å². The summed E-state index contributed by atoms with van der Waals surface area (Å²) < 4.78 is 10.2. The van der Waals surface area contributed by atoms with Crippen LogP contribution in [-0.4, -0.2) is 63.8 Å². The first kappa shape index (κ1) is 20.5. The standard InChI is InChI=1S/C16H29N3O3.HI/c1-17-15(18-9-5-3-4-6-14(20)21-2)19-10-7-16(12-19)8-11-22-13-16;/h3-13H2,1-2H3,(H,17,18);1H. The fourth-order valence-electron chi connectivity index (χ4n) is 3.29. The second-order valence-corrected chi connectivity index (χ2v) is 6.33. The number of carbonyl (C=O) groups excluding carboxylic acids is 1. The molecule has 2 rings (SSSR count). The van der Waals surface area contributed by atoms with Crippen molar-refractivity contribution >= 4 is 35.9 Å². The Labute approximate surface area is 156 Å². The highest BCUT2D eigenvalue weighted by molar-refractivity contribution is 14.0. The lowest BCUT2D eigenvalue weighted by Gasteiger charge is -2.24. The number of hydrogen-bond acceptors (Lipinski definition) is 4. The van der Waals surface area contributed by atoms with E-state index in [0.717, 1.165) is 58.1 Å². The molecule has 0 aromatic heterocycles. The quantitative estimate of drug-likeness (QED) is 0.226. The van der Waals surface area contributed by atoms with E-state index in [1.165, 1.54) is 20.0 Å². The van der Waals surface area contributed by atoms with Gasteiger partial charge in [-0.05, 0) is 25.7 Å². The van der Waals surface area contributed by atoms with Gasteiger partial charge in [-0.3, -0.25) is 9.79 Å². The largest absolute Gasteiger partial charge is 0.469 e. The highest BCUT2D eigenvalue weighted by Gasteiger charge is 2.42. The van der Waals surface area contributed by atoms with Gasteiger partial charge in [-0.25, -0.2) is 0 Å². The summed E-state index contributed by atoms with van der Waals surface area (Å²) in [7, 11) is 3.28. The van der Waals surface area contributed by atoms with Crippen LogP contribution in [0.1, 0.15) is 38.5 Å². The van der Waals surface area contributed by atoms with Crippen LogP contribution >= 0.6 is 24.0 Å². The summed E-state index contributed by atoms with van der Waals surface area (Å²) in [6, 6.07) is 0. The molecule has 134 valence electrons. The van der Waals surface area contributed by atoms with E-state index in [0.29, 0.717) is 11.8 Å². The van der Waals surface area contributed by atoms with E-state index in [9.17, 15) is 4.79 Å². The van der Waals surface area contributed by atoms with Crippen LogP contribution in [0, 0.1) is 5.41 Å². The van der Waals surface area contributed by atoms with Crippen molar-refractivity contribution in [2.45, 2.75) is 38.5 Å². The minimum absolute atomic E-state index is 0. The normalized spacial score (nSPS) is 23.9. The molecular weight excluding hydrogens is 409 g/mol. The lowest BCUT2D eigenvalue weighted by molar-refractivity contribution is -0.140. The second-order valence-electron chi connectivity index (χ2n) is 6.33. The molecule has 0 saturated carbocycles. The Morgan fingerprint density at radius 1 is 1.35 bits per heavy atom. The van der Waals surface area contributed by atoms with Crippen molar-refractivity contribution < 1.29 is 14.3 Å². The first-order valence-electron chi connectivity index (χ1n) is 8.29. The molecule has 0 aliphatic carbocycles. The van der Waals surface area contributed by atoms with E-state index in [-0.39, 0.29) is 29.9 Å². The molecule has 1 unspecified atom stereocenters. The van der Waals surface area contributed by atoms with Crippen molar-refractivity contribution in [3.63, 3.8) is 0 Å². The third-order valence-corrected chi connectivity index (χ3v) is 4.70. The number of hydrogen-bond donors (Lipinski definition) is 1. The highest BCUT2D eigenvalue weighted by Crippen LogP contribution is 2.38. The number of aliphatic imine (C=N–C) groups is 1. The third-order valence-electron chi connectivity index (χ3n) is 4.70. The van der Waals surface area contributed by atoms with Gasteiger partial charge < -0.3 is 19.7 Å². The molecule has 2 aliphatic heterocycles. The maximum absolute atomic E-state index is 11.0. The van der Waals surface area contributed by atoms with Gasteiger partial charge in [0, 0.05) is 45.1 Å². The smallest absolute Gasteiger partial charge is 0.305 e. The fourth-order valence-corrected chi connectivity index (χ4v) is 3.29. The zero-order valence-corrected chi connectivity index (χ0v) is 16.6. The molecule has 7 heteroatoms. The maximum atomic E-state index is 11.0. The number of unbranched alkanes of at least 4 members (excludes halogenated alkanes) is 2. The second kappa shape index (κ2) is 10.3. The van der Waals surface area contributed by atoms with Crippen LogP contribution in [0.15, 0.2) is 4.99 Å². The molecule has 0 aromatic rings. The molecule has 0 amide bonds. The summed E-state index contributed by atoms with van der Waals surface area (Å²) >= 11 is 0. The van der Waals surface area contributed by atoms with Gasteiger partial charge in [0.15, 0.2) is 5.96 Å². The maximum Gasteiger partial charge on any atom is 0.305 e. The number of methoxy groups -OCH3 is 1. The van der Waals surface area contributed by atoms with Crippen LogP contribution in [0.2, 0.25) is 0 Å². The van der Waals surface area contributed by atoms with Gasteiger partial charge in [0.25, 0.3) is 0 Å². The van der Waals surface area contributed by atoms with Crippen molar-refractivity contribution in [1.29, 1.82) is 0 Å². The summed E-state index contributed by atoms with van der Waals surface area (Å²) in [5, 5.41) is 3.44. The van der Waals surface area contributed by atoms with Crippen molar-refractivity contribution in [1.82, 2.24) is 10.2 Å². The molecule has 0 bridgehead atoms.